The molecule has 7 nitrogen and oxygen atoms in total. The Morgan fingerprint density at radius 2 is 1.43 bits per heavy atom. The molecule has 1 N–H and O–H groups in total. The maximum atomic E-state index is 13.3. The molecule has 0 fully saturated rings. The van der Waals surface area contributed by atoms with Crippen molar-refractivity contribution in [1.29, 1.82) is 0 Å². The van der Waals surface area contributed by atoms with Crippen LogP contribution in [-0.4, -0.2) is 31.6 Å². The molecule has 1 aliphatic heterocycles. The summed E-state index contributed by atoms with van der Waals surface area (Å²) in [4.78, 5) is 31.5. The van der Waals surface area contributed by atoms with Gasteiger partial charge in [0, 0.05) is 23.2 Å². The van der Waals surface area contributed by atoms with E-state index >= 15 is 0 Å². The van der Waals surface area contributed by atoms with Crippen molar-refractivity contribution in [2.24, 2.45) is 0 Å². The number of benzene rings is 4. The molecule has 6 rings (SSSR count). The summed E-state index contributed by atoms with van der Waals surface area (Å²) in [5.41, 5.74) is 3.72. The largest absolute Gasteiger partial charge is 0.298 e. The Morgan fingerprint density at radius 3 is 2.15 bits per heavy atom. The lowest BCUT2D eigenvalue weighted by atomic mass is 10.1. The van der Waals surface area contributed by atoms with Gasteiger partial charge in [0.05, 0.1) is 16.3 Å². The van der Waals surface area contributed by atoms with Gasteiger partial charge in [-0.05, 0) is 42.3 Å². The number of ketones is 1. The van der Waals surface area contributed by atoms with Gasteiger partial charge in [-0.2, -0.15) is 0 Å². The Kier molecular flexibility index (Phi) is 6.75. The van der Waals surface area contributed by atoms with Gasteiger partial charge in [-0.15, -0.1) is 0 Å². The Labute approximate surface area is 235 Å². The molecule has 1 aliphatic rings. The molecule has 9 heteroatoms. The molecule has 0 radical (unpaired) electrons. The number of rotatable bonds is 7. The van der Waals surface area contributed by atoms with Crippen LogP contribution in [0.1, 0.15) is 31.2 Å². The highest BCUT2D eigenvalue weighted by Crippen LogP contribution is 2.34. The topological polar surface area (TPSA) is 96.4 Å². The monoisotopic (exact) mass is 565 g/mol. The third-order valence-electron chi connectivity index (χ3n) is 6.69. The Morgan fingerprint density at radius 1 is 0.775 bits per heavy atom. The van der Waals surface area contributed by atoms with Crippen LogP contribution < -0.4 is 9.62 Å². The molecular formula is C31H23N3O4S2. The van der Waals surface area contributed by atoms with Gasteiger partial charge in [-0.25, -0.2) is 13.4 Å². The molecule has 0 saturated heterocycles. The maximum Gasteiger partial charge on any atom is 0.264 e. The normalized spacial score (nSPS) is 12.7. The standard InChI is InChI=1S/C31H23N3O4S2/c35-28(23-12-5-2-6-13-23)29-27(22-10-3-1-4-11-22)32-31(39-29)33-30(36)24-15-17-25(18-16-24)40(37,38)34-20-19-21-9-7-8-14-26(21)34/h1-18H,19-20H2,(H,32,33,36). The van der Waals surface area contributed by atoms with Crippen molar-refractivity contribution < 1.29 is 18.0 Å². The van der Waals surface area contributed by atoms with Crippen LogP contribution in [-0.2, 0) is 16.4 Å². The second-order valence-electron chi connectivity index (χ2n) is 9.19. The van der Waals surface area contributed by atoms with Crippen LogP contribution in [0.2, 0.25) is 0 Å². The van der Waals surface area contributed by atoms with Crippen molar-refractivity contribution in [3.63, 3.8) is 0 Å². The number of carbonyl (C=O) groups is 2. The van der Waals surface area contributed by atoms with Crippen LogP contribution in [0.25, 0.3) is 11.3 Å². The highest BCUT2D eigenvalue weighted by Gasteiger charge is 2.30. The van der Waals surface area contributed by atoms with Gasteiger partial charge in [0.15, 0.2) is 5.13 Å². The first kappa shape index (κ1) is 25.7. The highest BCUT2D eigenvalue weighted by atomic mass is 32.2. The molecule has 198 valence electrons. The maximum absolute atomic E-state index is 13.3. The lowest BCUT2D eigenvalue weighted by Gasteiger charge is -2.19. The van der Waals surface area contributed by atoms with E-state index < -0.39 is 15.9 Å². The summed E-state index contributed by atoms with van der Waals surface area (Å²) >= 11 is 1.10. The van der Waals surface area contributed by atoms with E-state index in [2.05, 4.69) is 10.3 Å². The highest BCUT2D eigenvalue weighted by molar-refractivity contribution is 7.92. The number of hydrogen-bond acceptors (Lipinski definition) is 6. The molecule has 0 saturated carbocycles. The minimum Gasteiger partial charge on any atom is -0.298 e. The predicted molar refractivity (Wildman–Crippen MR) is 156 cm³/mol. The zero-order valence-corrected chi connectivity index (χ0v) is 22.8. The van der Waals surface area contributed by atoms with Crippen LogP contribution in [0, 0.1) is 0 Å². The van der Waals surface area contributed by atoms with Gasteiger partial charge >= 0.3 is 0 Å². The molecule has 1 amide bonds. The van der Waals surface area contributed by atoms with Crippen molar-refractivity contribution >= 4 is 43.9 Å². The number of sulfonamides is 1. The number of aromatic nitrogens is 1. The summed E-state index contributed by atoms with van der Waals surface area (Å²) in [5.74, 6) is -0.641. The van der Waals surface area contributed by atoms with Crippen LogP contribution in [0.5, 0.6) is 0 Å². The Balaban J connectivity index is 1.25. The van der Waals surface area contributed by atoms with E-state index in [4.69, 9.17) is 0 Å². The average molecular weight is 566 g/mol. The molecule has 5 aromatic rings. The average Bonchev–Trinajstić information content (AvgIpc) is 3.63. The van der Waals surface area contributed by atoms with E-state index in [1.165, 1.54) is 28.6 Å². The van der Waals surface area contributed by atoms with Gasteiger partial charge in [0.1, 0.15) is 4.88 Å². The fourth-order valence-electron chi connectivity index (χ4n) is 4.67. The molecule has 0 bridgehead atoms. The molecule has 1 aromatic heterocycles. The lowest BCUT2D eigenvalue weighted by molar-refractivity contribution is 0.102. The van der Waals surface area contributed by atoms with Gasteiger partial charge < -0.3 is 0 Å². The smallest absolute Gasteiger partial charge is 0.264 e. The van der Waals surface area contributed by atoms with Crippen molar-refractivity contribution in [2.45, 2.75) is 11.3 Å². The molecule has 4 aromatic carbocycles. The number of thiazole rings is 1. The van der Waals surface area contributed by atoms with Crippen molar-refractivity contribution in [3.05, 3.63) is 131 Å². The molecule has 0 aliphatic carbocycles. The quantitative estimate of drug-likeness (QED) is 0.243. The van der Waals surface area contributed by atoms with Crippen LogP contribution >= 0.6 is 11.3 Å². The van der Waals surface area contributed by atoms with E-state index in [0.29, 0.717) is 34.8 Å². The second kappa shape index (κ2) is 10.5. The van der Waals surface area contributed by atoms with E-state index in [1.807, 2.05) is 54.6 Å². The van der Waals surface area contributed by atoms with Crippen LogP contribution in [0.15, 0.2) is 114 Å². The van der Waals surface area contributed by atoms with E-state index in [-0.39, 0.29) is 21.4 Å². The van der Waals surface area contributed by atoms with Gasteiger partial charge in [0.25, 0.3) is 15.9 Å². The summed E-state index contributed by atoms with van der Waals surface area (Å²) in [5, 5.41) is 3.05. The summed E-state index contributed by atoms with van der Waals surface area (Å²) in [6.07, 6.45) is 0.656. The zero-order chi connectivity index (χ0) is 27.7. The van der Waals surface area contributed by atoms with Gasteiger partial charge in [0.2, 0.25) is 5.78 Å². The molecule has 0 unspecified atom stereocenters. The van der Waals surface area contributed by atoms with Crippen molar-refractivity contribution in [1.82, 2.24) is 4.98 Å². The van der Waals surface area contributed by atoms with Crippen LogP contribution in [0.3, 0.4) is 0 Å². The number of nitrogens with zero attached hydrogens (tertiary/aromatic N) is 2. The van der Waals surface area contributed by atoms with E-state index in [0.717, 1.165) is 22.5 Å². The number of amides is 1. The van der Waals surface area contributed by atoms with E-state index in [1.54, 1.807) is 30.3 Å². The third-order valence-corrected chi connectivity index (χ3v) is 9.48. The molecule has 0 spiro atoms. The Hall–Kier alpha value is -4.60. The lowest BCUT2D eigenvalue weighted by Crippen LogP contribution is -2.29. The second-order valence-corrected chi connectivity index (χ2v) is 12.1. The van der Waals surface area contributed by atoms with Gasteiger partial charge in [-0.1, -0.05) is 90.2 Å². The molecule has 2 heterocycles. The number of nitrogens with one attached hydrogen (secondary N) is 1. The van der Waals surface area contributed by atoms with Crippen molar-refractivity contribution in [3.8, 4) is 11.3 Å². The summed E-state index contributed by atoms with van der Waals surface area (Å²) in [6, 6.07) is 31.5. The fourth-order valence-corrected chi connectivity index (χ4v) is 7.12. The molecular weight excluding hydrogens is 542 g/mol. The number of hydrogen-bond donors (Lipinski definition) is 1. The summed E-state index contributed by atoms with van der Waals surface area (Å²) in [7, 11) is -3.77. The summed E-state index contributed by atoms with van der Waals surface area (Å²) in [6.45, 7) is 0.377. The SMILES string of the molecule is O=C(Nc1nc(-c2ccccc2)c(C(=O)c2ccccc2)s1)c1ccc(S(=O)(=O)N2CCc3ccccc32)cc1. The number of fused-ring (bicyclic) bond motifs is 1. The first-order valence-electron chi connectivity index (χ1n) is 12.6. The zero-order valence-electron chi connectivity index (χ0n) is 21.2. The first-order chi connectivity index (χ1) is 19.4. The minimum atomic E-state index is -3.77. The number of anilines is 2. The first-order valence-corrected chi connectivity index (χ1v) is 14.9. The molecule has 40 heavy (non-hydrogen) atoms. The minimum absolute atomic E-state index is 0.108. The predicted octanol–water partition coefficient (Wildman–Crippen LogP) is 6.04. The number of para-hydroxylation sites is 1. The number of carbonyl (C=O) groups excluding carboxylic acids is 2. The third kappa shape index (κ3) is 4.81. The van der Waals surface area contributed by atoms with Gasteiger partial charge in [-0.3, -0.25) is 19.2 Å². The summed E-state index contributed by atoms with van der Waals surface area (Å²) < 4.78 is 28.0. The van der Waals surface area contributed by atoms with Crippen molar-refractivity contribution in [2.75, 3.05) is 16.2 Å². The Bertz CT molecular complexity index is 1820. The fraction of sp³-hybridized carbons (Fsp3) is 0.0645. The van der Waals surface area contributed by atoms with Crippen LogP contribution in [0.4, 0.5) is 10.8 Å². The van der Waals surface area contributed by atoms with E-state index in [9.17, 15) is 18.0 Å². The molecule has 0 atom stereocenters.